The SMILES string of the molecule is COc1cccc(-c2cc(CN3CC4(CCOC4)CCC3=O)on2)c1. The van der Waals surface area contributed by atoms with Crippen LogP contribution in [0.2, 0.25) is 0 Å². The summed E-state index contributed by atoms with van der Waals surface area (Å²) >= 11 is 0. The van der Waals surface area contributed by atoms with Crippen LogP contribution in [0, 0.1) is 5.41 Å². The molecule has 2 aromatic rings. The number of likely N-dealkylation sites (tertiary alicyclic amines) is 1. The lowest BCUT2D eigenvalue weighted by atomic mass is 9.79. The van der Waals surface area contributed by atoms with Gasteiger partial charge in [-0.05, 0) is 25.0 Å². The highest BCUT2D eigenvalue weighted by molar-refractivity contribution is 5.77. The molecule has 2 aliphatic rings. The van der Waals surface area contributed by atoms with Crippen molar-refractivity contribution in [3.8, 4) is 17.0 Å². The highest BCUT2D eigenvalue weighted by Crippen LogP contribution is 2.38. The maximum Gasteiger partial charge on any atom is 0.223 e. The van der Waals surface area contributed by atoms with Crippen LogP contribution in [0.25, 0.3) is 11.3 Å². The van der Waals surface area contributed by atoms with Crippen molar-refractivity contribution >= 4 is 5.91 Å². The largest absolute Gasteiger partial charge is 0.497 e. The zero-order valence-electron chi connectivity index (χ0n) is 14.4. The van der Waals surface area contributed by atoms with E-state index in [2.05, 4.69) is 5.16 Å². The molecule has 0 radical (unpaired) electrons. The van der Waals surface area contributed by atoms with Crippen molar-refractivity contribution in [2.24, 2.45) is 5.41 Å². The van der Waals surface area contributed by atoms with Gasteiger partial charge in [-0.25, -0.2) is 0 Å². The smallest absolute Gasteiger partial charge is 0.223 e. The molecule has 2 aliphatic heterocycles. The van der Waals surface area contributed by atoms with Gasteiger partial charge >= 0.3 is 0 Å². The first kappa shape index (κ1) is 16.1. The van der Waals surface area contributed by atoms with Gasteiger partial charge in [-0.1, -0.05) is 17.3 Å². The van der Waals surface area contributed by atoms with Gasteiger partial charge in [0.25, 0.3) is 0 Å². The number of hydrogen-bond acceptors (Lipinski definition) is 5. The molecule has 4 rings (SSSR count). The van der Waals surface area contributed by atoms with E-state index in [4.69, 9.17) is 14.0 Å². The first-order valence-corrected chi connectivity index (χ1v) is 8.63. The fraction of sp³-hybridized carbons (Fsp3) is 0.474. The van der Waals surface area contributed by atoms with Crippen LogP contribution in [0.5, 0.6) is 5.75 Å². The second kappa shape index (κ2) is 6.52. The summed E-state index contributed by atoms with van der Waals surface area (Å²) in [5, 5.41) is 4.15. The molecular weight excluding hydrogens is 320 g/mol. The number of rotatable bonds is 4. The normalized spacial score (nSPS) is 23.4. The van der Waals surface area contributed by atoms with Crippen molar-refractivity contribution in [2.75, 3.05) is 26.9 Å². The molecule has 3 heterocycles. The number of carbonyl (C=O) groups is 1. The Bertz CT molecular complexity index is 764. The zero-order chi connectivity index (χ0) is 17.3. The molecule has 1 spiro atoms. The van der Waals surface area contributed by atoms with Crippen molar-refractivity contribution in [1.29, 1.82) is 0 Å². The molecule has 1 atom stereocenters. The van der Waals surface area contributed by atoms with Gasteiger partial charge in [-0.15, -0.1) is 0 Å². The predicted molar refractivity (Wildman–Crippen MR) is 91.0 cm³/mol. The Morgan fingerprint density at radius 3 is 3.04 bits per heavy atom. The topological polar surface area (TPSA) is 64.8 Å². The minimum atomic E-state index is 0.129. The summed E-state index contributed by atoms with van der Waals surface area (Å²) in [6, 6.07) is 9.58. The van der Waals surface area contributed by atoms with Crippen LogP contribution in [-0.2, 0) is 16.1 Å². The number of nitrogens with zero attached hydrogens (tertiary/aromatic N) is 2. The fourth-order valence-electron chi connectivity index (χ4n) is 3.71. The number of amides is 1. The lowest BCUT2D eigenvalue weighted by Crippen LogP contribution is -2.46. The molecule has 2 fully saturated rings. The Morgan fingerprint density at radius 2 is 2.24 bits per heavy atom. The van der Waals surface area contributed by atoms with Gasteiger partial charge in [0, 0.05) is 36.6 Å². The van der Waals surface area contributed by atoms with Gasteiger partial charge in [-0.3, -0.25) is 4.79 Å². The van der Waals surface area contributed by atoms with Gasteiger partial charge < -0.3 is 18.9 Å². The molecule has 1 aromatic heterocycles. The fourth-order valence-corrected chi connectivity index (χ4v) is 3.71. The lowest BCUT2D eigenvalue weighted by molar-refractivity contribution is -0.138. The predicted octanol–water partition coefficient (Wildman–Crippen LogP) is 2.88. The van der Waals surface area contributed by atoms with Gasteiger partial charge in [0.15, 0.2) is 5.76 Å². The number of methoxy groups -OCH3 is 1. The number of hydrogen-bond donors (Lipinski definition) is 0. The standard InChI is InChI=1S/C19H22N2O4/c1-23-15-4-2-3-14(9-15)17-10-16(25-20-17)11-21-12-19(6-5-18(21)22)7-8-24-13-19/h2-4,9-10H,5-8,11-13H2,1H3. The summed E-state index contributed by atoms with van der Waals surface area (Å²) < 4.78 is 16.3. The summed E-state index contributed by atoms with van der Waals surface area (Å²) in [5.41, 5.74) is 1.81. The van der Waals surface area contributed by atoms with E-state index in [9.17, 15) is 4.79 Å². The molecule has 6 nitrogen and oxygen atoms in total. The van der Waals surface area contributed by atoms with Crippen LogP contribution in [0.3, 0.4) is 0 Å². The van der Waals surface area contributed by atoms with E-state index in [1.54, 1.807) is 7.11 Å². The lowest BCUT2D eigenvalue weighted by Gasteiger charge is -2.38. The van der Waals surface area contributed by atoms with E-state index in [0.717, 1.165) is 49.6 Å². The quantitative estimate of drug-likeness (QED) is 0.855. The monoisotopic (exact) mass is 342 g/mol. The van der Waals surface area contributed by atoms with Crippen molar-refractivity contribution < 1.29 is 18.8 Å². The average Bonchev–Trinajstić information content (AvgIpc) is 3.29. The first-order valence-electron chi connectivity index (χ1n) is 8.63. The third kappa shape index (κ3) is 3.26. The number of ether oxygens (including phenoxy) is 2. The van der Waals surface area contributed by atoms with E-state index < -0.39 is 0 Å². The summed E-state index contributed by atoms with van der Waals surface area (Å²) in [4.78, 5) is 14.2. The third-order valence-electron chi connectivity index (χ3n) is 5.20. The minimum Gasteiger partial charge on any atom is -0.497 e. The Hall–Kier alpha value is -2.34. The number of piperidine rings is 1. The van der Waals surface area contributed by atoms with E-state index >= 15 is 0 Å². The maximum absolute atomic E-state index is 12.3. The molecule has 1 amide bonds. The molecule has 0 saturated carbocycles. The molecular formula is C19H22N2O4. The zero-order valence-corrected chi connectivity index (χ0v) is 14.4. The molecule has 1 aromatic carbocycles. The molecule has 1 unspecified atom stereocenters. The molecule has 2 saturated heterocycles. The van der Waals surface area contributed by atoms with Crippen molar-refractivity contribution in [3.63, 3.8) is 0 Å². The van der Waals surface area contributed by atoms with Crippen LogP contribution in [0.1, 0.15) is 25.0 Å². The van der Waals surface area contributed by atoms with Gasteiger partial charge in [0.05, 0.1) is 20.3 Å². The molecule has 6 heteroatoms. The summed E-state index contributed by atoms with van der Waals surface area (Å²) in [6.07, 6.45) is 2.54. The Labute approximate surface area is 146 Å². The average molecular weight is 342 g/mol. The van der Waals surface area contributed by atoms with Gasteiger partial charge in [0.2, 0.25) is 5.91 Å². The Kier molecular flexibility index (Phi) is 4.21. The van der Waals surface area contributed by atoms with E-state index in [1.165, 1.54) is 0 Å². The summed E-state index contributed by atoms with van der Waals surface area (Å²) in [7, 11) is 1.64. The van der Waals surface area contributed by atoms with E-state index in [-0.39, 0.29) is 11.3 Å². The maximum atomic E-state index is 12.3. The Balaban J connectivity index is 1.49. The third-order valence-corrected chi connectivity index (χ3v) is 5.20. The second-order valence-electron chi connectivity index (χ2n) is 6.96. The van der Waals surface area contributed by atoms with Crippen LogP contribution in [0.15, 0.2) is 34.9 Å². The van der Waals surface area contributed by atoms with E-state index in [0.29, 0.717) is 18.7 Å². The van der Waals surface area contributed by atoms with Crippen LogP contribution >= 0.6 is 0 Å². The van der Waals surface area contributed by atoms with Crippen molar-refractivity contribution in [3.05, 3.63) is 36.1 Å². The Morgan fingerprint density at radius 1 is 1.32 bits per heavy atom. The second-order valence-corrected chi connectivity index (χ2v) is 6.96. The van der Waals surface area contributed by atoms with Crippen LogP contribution in [-0.4, -0.2) is 42.8 Å². The van der Waals surface area contributed by atoms with Crippen LogP contribution in [0.4, 0.5) is 0 Å². The molecule has 0 bridgehead atoms. The summed E-state index contributed by atoms with van der Waals surface area (Å²) in [6.45, 7) is 2.74. The minimum absolute atomic E-state index is 0.129. The molecule has 0 aliphatic carbocycles. The van der Waals surface area contributed by atoms with Gasteiger partial charge in [0.1, 0.15) is 11.4 Å². The van der Waals surface area contributed by atoms with Gasteiger partial charge in [-0.2, -0.15) is 0 Å². The number of benzene rings is 1. The molecule has 25 heavy (non-hydrogen) atoms. The first-order chi connectivity index (χ1) is 12.2. The summed E-state index contributed by atoms with van der Waals surface area (Å²) in [5.74, 6) is 1.65. The van der Waals surface area contributed by atoms with Crippen LogP contribution < -0.4 is 4.74 Å². The molecule has 132 valence electrons. The highest BCUT2D eigenvalue weighted by Gasteiger charge is 2.41. The number of aromatic nitrogens is 1. The highest BCUT2D eigenvalue weighted by atomic mass is 16.5. The van der Waals surface area contributed by atoms with Crippen molar-refractivity contribution in [2.45, 2.75) is 25.8 Å². The van der Waals surface area contributed by atoms with E-state index in [1.807, 2.05) is 35.2 Å². The van der Waals surface area contributed by atoms with Crippen molar-refractivity contribution in [1.82, 2.24) is 10.1 Å². The number of carbonyl (C=O) groups excluding carboxylic acids is 1. The molecule has 0 N–H and O–H groups in total.